The van der Waals surface area contributed by atoms with E-state index in [1.807, 2.05) is 13.8 Å². The maximum atomic E-state index is 2.41. The van der Waals surface area contributed by atoms with Crippen LogP contribution in [0.2, 0.25) is 0 Å². The summed E-state index contributed by atoms with van der Waals surface area (Å²) in [4.78, 5) is 0. The van der Waals surface area contributed by atoms with Gasteiger partial charge in [-0.2, -0.15) is 0 Å². The topological polar surface area (TPSA) is 0 Å². The molecule has 5 heavy (non-hydrogen) atoms. The Morgan fingerprint density at radius 2 is 1.20 bits per heavy atom. The molecule has 0 unspecified atom stereocenters. The van der Waals surface area contributed by atoms with Crippen LogP contribution in [0, 0.1) is 0 Å². The van der Waals surface area contributed by atoms with Crippen LogP contribution >= 0.6 is 50.5 Å². The number of hydrogen-bond donors (Lipinski definition) is 0. The Balaban J connectivity index is 0. The van der Waals surface area contributed by atoms with Gasteiger partial charge in [0.1, 0.15) is 0 Å². The van der Waals surface area contributed by atoms with Gasteiger partial charge < -0.3 is 0 Å². The maximum absolute atomic E-state index is 2.41. The van der Waals surface area contributed by atoms with Crippen LogP contribution in [-0.4, -0.2) is 0 Å². The molecular weight excluding hydrogens is 405 g/mol. The molecule has 0 amide bonds. The van der Waals surface area contributed by atoms with Crippen LogP contribution in [0.15, 0.2) is 0 Å². The summed E-state index contributed by atoms with van der Waals surface area (Å²) in [7, 11) is 0. The van der Waals surface area contributed by atoms with E-state index in [1.54, 1.807) is 0 Å². The molecule has 0 radical (unpaired) electrons. The molecule has 0 aliphatic rings. The van der Waals surface area contributed by atoms with Gasteiger partial charge in [0.25, 0.3) is 0 Å². The minimum atomic E-state index is 0.410. The van der Waals surface area contributed by atoms with E-state index in [9.17, 15) is 0 Å². The first kappa shape index (κ1) is 10.2. The minimum absolute atomic E-state index is 0.410. The zero-order chi connectivity index (χ0) is 4.71. The second-order valence-electron chi connectivity index (χ2n) is 0.0583. The van der Waals surface area contributed by atoms with Crippen molar-refractivity contribution in [2.24, 2.45) is 0 Å². The van der Waals surface area contributed by atoms with Crippen molar-refractivity contribution in [2.75, 3.05) is 0 Å². The zero-order valence-electron chi connectivity index (χ0n) is 3.16. The summed E-state index contributed by atoms with van der Waals surface area (Å²) in [6.45, 7) is 4.00. The fourth-order valence-corrected chi connectivity index (χ4v) is 0. The molecule has 3 heteroatoms. The normalized spacial score (nSPS) is 5.60. The predicted molar refractivity (Wildman–Crippen MR) is 54.8 cm³/mol. The van der Waals surface area contributed by atoms with E-state index in [-0.39, 0.29) is 0 Å². The number of halogens is 3. The second-order valence-corrected chi connectivity index (χ2v) is 17.6. The number of rotatable bonds is 0. The standard InChI is InChI=1S/C2H6.HI3/c1-2;1-3-2/h1-2H3;3H. The third-order valence-electron chi connectivity index (χ3n) is 0. The van der Waals surface area contributed by atoms with Crippen molar-refractivity contribution in [1.29, 1.82) is 0 Å². The van der Waals surface area contributed by atoms with Crippen molar-refractivity contribution in [3.63, 3.8) is 0 Å². The molecule has 0 saturated heterocycles. The molecule has 0 N–H and O–H groups in total. The van der Waals surface area contributed by atoms with E-state index >= 15 is 0 Å². The Morgan fingerprint density at radius 3 is 1.20 bits per heavy atom. The van der Waals surface area contributed by atoms with Gasteiger partial charge in [-0.25, -0.2) is 0 Å². The first-order valence-electron chi connectivity index (χ1n) is 1.31. The number of hydrogen-bond acceptors (Lipinski definition) is 0. The molecule has 36 valence electrons. The van der Waals surface area contributed by atoms with Crippen LogP contribution < -0.4 is 0 Å². The van der Waals surface area contributed by atoms with Crippen LogP contribution in [0.1, 0.15) is 13.8 Å². The monoisotopic (exact) mass is 412 g/mol. The van der Waals surface area contributed by atoms with Crippen LogP contribution in [0.4, 0.5) is 0 Å². The van der Waals surface area contributed by atoms with E-state index in [4.69, 9.17) is 0 Å². The molecule has 0 atom stereocenters. The van der Waals surface area contributed by atoms with Crippen molar-refractivity contribution in [2.45, 2.75) is 13.8 Å². The summed E-state index contributed by atoms with van der Waals surface area (Å²) in [6.07, 6.45) is 0. The fourth-order valence-electron chi connectivity index (χ4n) is 0. The molecule has 0 bridgehead atoms. The summed E-state index contributed by atoms with van der Waals surface area (Å²) in [5.41, 5.74) is 0. The summed E-state index contributed by atoms with van der Waals surface area (Å²) in [5.74, 6) is 0. The van der Waals surface area contributed by atoms with Gasteiger partial charge in [0.2, 0.25) is 0 Å². The Bertz CT molecular complexity index is 4.85. The van der Waals surface area contributed by atoms with Crippen LogP contribution in [-0.2, 0) is 0 Å². The zero-order valence-corrected chi connectivity index (χ0v) is 9.81. The van der Waals surface area contributed by atoms with Gasteiger partial charge in [-0.05, 0) is 0 Å². The molecular formula is C2H7I3. The molecule has 0 heterocycles. The molecule has 0 aliphatic heterocycles. The molecule has 0 fully saturated rings. The van der Waals surface area contributed by atoms with Gasteiger partial charge in [-0.15, -0.1) is 0 Å². The first-order chi connectivity index (χ1) is 2.41. The first-order valence-corrected chi connectivity index (χ1v) is 14.9. The van der Waals surface area contributed by atoms with Crippen LogP contribution in [0.25, 0.3) is 0 Å². The third kappa shape index (κ3) is 22.7. The summed E-state index contributed by atoms with van der Waals surface area (Å²) < 4.78 is 0. The van der Waals surface area contributed by atoms with E-state index in [1.165, 1.54) is 0 Å². The molecule has 0 aliphatic carbocycles. The summed E-state index contributed by atoms with van der Waals surface area (Å²) in [5, 5.41) is 0. The van der Waals surface area contributed by atoms with E-state index in [0.29, 0.717) is 13.3 Å². The molecule has 0 nitrogen and oxygen atoms in total. The Hall–Kier alpha value is 2.19. The van der Waals surface area contributed by atoms with Crippen molar-refractivity contribution < 1.29 is 0 Å². The van der Waals surface area contributed by atoms with Gasteiger partial charge in [-0.1, -0.05) is 13.8 Å². The summed E-state index contributed by atoms with van der Waals surface area (Å²) >= 11 is 5.22. The van der Waals surface area contributed by atoms with E-state index < -0.39 is 0 Å². The Labute approximate surface area is 63.1 Å². The quantitative estimate of drug-likeness (QED) is 0.536. The van der Waals surface area contributed by atoms with Gasteiger partial charge in [0.05, 0.1) is 0 Å². The SMILES string of the molecule is CC.I[IH]I. The van der Waals surface area contributed by atoms with Crippen molar-refractivity contribution in [3.8, 4) is 0 Å². The van der Waals surface area contributed by atoms with E-state index in [0.717, 1.165) is 0 Å². The Morgan fingerprint density at radius 1 is 1.20 bits per heavy atom. The Kier molecular flexibility index (Phi) is 33.5. The average molecular weight is 412 g/mol. The van der Waals surface area contributed by atoms with Crippen molar-refractivity contribution in [1.82, 2.24) is 0 Å². The van der Waals surface area contributed by atoms with Crippen LogP contribution in [0.3, 0.4) is 0 Å². The predicted octanol–water partition coefficient (Wildman–Crippen LogP) is 3.42. The second kappa shape index (κ2) is 16.4. The van der Waals surface area contributed by atoms with Gasteiger partial charge in [0, 0.05) is 0 Å². The molecule has 0 aromatic rings. The summed E-state index contributed by atoms with van der Waals surface area (Å²) in [6, 6.07) is 0. The van der Waals surface area contributed by atoms with Gasteiger partial charge in [-0.3, -0.25) is 0 Å². The molecule has 0 rings (SSSR count). The van der Waals surface area contributed by atoms with Crippen LogP contribution in [0.5, 0.6) is 0 Å². The molecule has 0 aromatic carbocycles. The molecule has 0 aromatic heterocycles. The van der Waals surface area contributed by atoms with Gasteiger partial charge >= 0.3 is 50.5 Å². The van der Waals surface area contributed by atoms with Crippen molar-refractivity contribution in [3.05, 3.63) is 0 Å². The van der Waals surface area contributed by atoms with E-state index in [2.05, 4.69) is 37.2 Å². The third-order valence-corrected chi connectivity index (χ3v) is 0. The van der Waals surface area contributed by atoms with Crippen molar-refractivity contribution >= 4 is 50.5 Å². The molecule has 0 saturated carbocycles. The average Bonchev–Trinajstić information content (AvgIpc) is 1.46. The van der Waals surface area contributed by atoms with Gasteiger partial charge in [0.15, 0.2) is 0 Å². The fraction of sp³-hybridized carbons (Fsp3) is 1.00. The molecule has 0 spiro atoms.